The highest BCUT2D eigenvalue weighted by atomic mass is 16.5. The number of hydrogen-bond acceptors (Lipinski definition) is 4. The Bertz CT molecular complexity index is 698. The van der Waals surface area contributed by atoms with E-state index in [1.54, 1.807) is 0 Å². The van der Waals surface area contributed by atoms with Crippen molar-refractivity contribution in [2.75, 3.05) is 7.11 Å². The van der Waals surface area contributed by atoms with Gasteiger partial charge in [0.2, 0.25) is 5.91 Å². The monoisotopic (exact) mass is 355 g/mol. The van der Waals surface area contributed by atoms with Crippen molar-refractivity contribution in [1.29, 1.82) is 0 Å². The maximum atomic E-state index is 11.9. The summed E-state index contributed by atoms with van der Waals surface area (Å²) in [7, 11) is 1.32. The molecule has 0 heterocycles. The minimum Gasteiger partial charge on any atom is -0.489 e. The molecule has 138 valence electrons. The largest absolute Gasteiger partial charge is 0.489 e. The predicted octanol–water partition coefficient (Wildman–Crippen LogP) is 3.27. The summed E-state index contributed by atoms with van der Waals surface area (Å²) in [4.78, 5) is 23.7. The van der Waals surface area contributed by atoms with Crippen molar-refractivity contribution in [3.63, 3.8) is 0 Å². The molecule has 26 heavy (non-hydrogen) atoms. The van der Waals surface area contributed by atoms with Gasteiger partial charge in [-0.05, 0) is 29.7 Å². The van der Waals surface area contributed by atoms with Crippen molar-refractivity contribution >= 4 is 11.9 Å². The number of benzene rings is 2. The van der Waals surface area contributed by atoms with Gasteiger partial charge in [-0.2, -0.15) is 0 Å². The summed E-state index contributed by atoms with van der Waals surface area (Å²) >= 11 is 0. The zero-order chi connectivity index (χ0) is 18.8. The van der Waals surface area contributed by atoms with E-state index in [-0.39, 0.29) is 5.91 Å². The van der Waals surface area contributed by atoms with Crippen LogP contribution in [0, 0.1) is 0 Å². The molecule has 2 aromatic rings. The van der Waals surface area contributed by atoms with Gasteiger partial charge in [0, 0.05) is 12.8 Å². The van der Waals surface area contributed by atoms with E-state index in [1.807, 2.05) is 61.5 Å². The van der Waals surface area contributed by atoms with E-state index < -0.39 is 12.0 Å². The lowest BCUT2D eigenvalue weighted by atomic mass is 10.1. The van der Waals surface area contributed by atoms with Crippen LogP contribution in [0.25, 0.3) is 0 Å². The van der Waals surface area contributed by atoms with Gasteiger partial charge >= 0.3 is 5.97 Å². The fraction of sp³-hybridized carbons (Fsp3) is 0.333. The first-order valence-electron chi connectivity index (χ1n) is 8.75. The first kappa shape index (κ1) is 19.5. The first-order chi connectivity index (χ1) is 12.6. The van der Waals surface area contributed by atoms with Crippen molar-refractivity contribution in [1.82, 2.24) is 5.32 Å². The van der Waals surface area contributed by atoms with Crippen LogP contribution < -0.4 is 10.1 Å². The van der Waals surface area contributed by atoms with Gasteiger partial charge in [-0.1, -0.05) is 49.4 Å². The van der Waals surface area contributed by atoms with E-state index in [1.165, 1.54) is 7.11 Å². The van der Waals surface area contributed by atoms with Crippen LogP contribution >= 0.6 is 0 Å². The van der Waals surface area contributed by atoms with E-state index in [0.717, 1.165) is 23.3 Å². The summed E-state index contributed by atoms with van der Waals surface area (Å²) in [6.45, 7) is 2.42. The molecule has 2 rings (SSSR count). The van der Waals surface area contributed by atoms with Gasteiger partial charge in [-0.3, -0.25) is 4.79 Å². The molecule has 0 unspecified atom stereocenters. The number of hydrogen-bond donors (Lipinski definition) is 1. The zero-order valence-corrected chi connectivity index (χ0v) is 15.2. The third kappa shape index (κ3) is 6.24. The SMILES string of the molecule is CCCC(=O)N[C@@H](Cc1ccc(OCc2ccccc2)cc1)C(=O)OC. The summed E-state index contributed by atoms with van der Waals surface area (Å²) < 4.78 is 10.6. The second-order valence-electron chi connectivity index (χ2n) is 6.02. The Morgan fingerprint density at radius 2 is 1.69 bits per heavy atom. The Morgan fingerprint density at radius 3 is 2.31 bits per heavy atom. The number of amides is 1. The summed E-state index contributed by atoms with van der Waals surface area (Å²) in [5.74, 6) is 0.159. The second-order valence-corrected chi connectivity index (χ2v) is 6.02. The zero-order valence-electron chi connectivity index (χ0n) is 15.2. The van der Waals surface area contributed by atoms with Gasteiger partial charge in [-0.25, -0.2) is 4.79 Å². The minimum atomic E-state index is -0.685. The third-order valence-electron chi connectivity index (χ3n) is 3.91. The molecule has 0 bridgehead atoms. The smallest absolute Gasteiger partial charge is 0.328 e. The molecule has 0 aliphatic rings. The van der Waals surface area contributed by atoms with E-state index in [9.17, 15) is 9.59 Å². The molecular formula is C21H25NO4. The molecule has 0 radical (unpaired) electrons. The number of carbonyl (C=O) groups excluding carboxylic acids is 2. The fourth-order valence-corrected chi connectivity index (χ4v) is 2.53. The van der Waals surface area contributed by atoms with E-state index >= 15 is 0 Å². The molecular weight excluding hydrogens is 330 g/mol. The van der Waals surface area contributed by atoms with Crippen LogP contribution in [-0.4, -0.2) is 25.0 Å². The van der Waals surface area contributed by atoms with Gasteiger partial charge in [0.25, 0.3) is 0 Å². The minimum absolute atomic E-state index is 0.147. The van der Waals surface area contributed by atoms with Crippen molar-refractivity contribution in [2.45, 2.75) is 38.8 Å². The Morgan fingerprint density at radius 1 is 1.00 bits per heavy atom. The lowest BCUT2D eigenvalue weighted by Gasteiger charge is -2.16. The van der Waals surface area contributed by atoms with Gasteiger partial charge in [0.15, 0.2) is 0 Å². The average Bonchev–Trinajstić information content (AvgIpc) is 2.67. The van der Waals surface area contributed by atoms with Crippen LogP contribution in [0.1, 0.15) is 30.9 Å². The molecule has 0 aliphatic carbocycles. The van der Waals surface area contributed by atoms with Crippen molar-refractivity contribution in [3.05, 3.63) is 65.7 Å². The molecule has 0 aromatic heterocycles. The number of rotatable bonds is 9. The highest BCUT2D eigenvalue weighted by molar-refractivity contribution is 5.84. The molecule has 1 N–H and O–H groups in total. The number of carbonyl (C=O) groups is 2. The number of nitrogens with one attached hydrogen (secondary N) is 1. The average molecular weight is 355 g/mol. The van der Waals surface area contributed by atoms with Crippen LogP contribution in [-0.2, 0) is 27.4 Å². The van der Waals surface area contributed by atoms with Gasteiger partial charge in [0.1, 0.15) is 18.4 Å². The fourth-order valence-electron chi connectivity index (χ4n) is 2.53. The molecule has 0 spiro atoms. The number of ether oxygens (including phenoxy) is 2. The van der Waals surface area contributed by atoms with Crippen molar-refractivity contribution < 1.29 is 19.1 Å². The quantitative estimate of drug-likeness (QED) is 0.701. The molecule has 0 saturated heterocycles. The maximum absolute atomic E-state index is 11.9. The van der Waals surface area contributed by atoms with E-state index in [2.05, 4.69) is 5.32 Å². The first-order valence-corrected chi connectivity index (χ1v) is 8.75. The van der Waals surface area contributed by atoms with Crippen molar-refractivity contribution in [3.8, 4) is 5.75 Å². The van der Waals surface area contributed by atoms with Crippen LogP contribution in [0.5, 0.6) is 5.75 Å². The summed E-state index contributed by atoms with van der Waals surface area (Å²) in [5.41, 5.74) is 2.02. The third-order valence-corrected chi connectivity index (χ3v) is 3.91. The normalized spacial score (nSPS) is 11.5. The topological polar surface area (TPSA) is 64.6 Å². The summed E-state index contributed by atoms with van der Waals surface area (Å²) in [6, 6.07) is 16.8. The molecule has 1 amide bonds. The Balaban J connectivity index is 1.94. The molecule has 5 nitrogen and oxygen atoms in total. The van der Waals surface area contributed by atoms with E-state index in [0.29, 0.717) is 19.4 Å². The van der Waals surface area contributed by atoms with E-state index in [4.69, 9.17) is 9.47 Å². The predicted molar refractivity (Wildman–Crippen MR) is 99.8 cm³/mol. The molecule has 5 heteroatoms. The van der Waals surface area contributed by atoms with Crippen LogP contribution in [0.15, 0.2) is 54.6 Å². The van der Waals surface area contributed by atoms with Gasteiger partial charge < -0.3 is 14.8 Å². The van der Waals surface area contributed by atoms with Crippen LogP contribution in [0.2, 0.25) is 0 Å². The Kier molecular flexibility index (Phi) is 7.68. The number of methoxy groups -OCH3 is 1. The Labute approximate surface area is 154 Å². The second kappa shape index (κ2) is 10.2. The summed E-state index contributed by atoms with van der Waals surface area (Å²) in [6.07, 6.45) is 1.49. The maximum Gasteiger partial charge on any atom is 0.328 e. The molecule has 0 aliphatic heterocycles. The highest BCUT2D eigenvalue weighted by Crippen LogP contribution is 2.15. The van der Waals surface area contributed by atoms with Crippen LogP contribution in [0.4, 0.5) is 0 Å². The molecule has 0 saturated carbocycles. The lowest BCUT2D eigenvalue weighted by molar-refractivity contribution is -0.145. The highest BCUT2D eigenvalue weighted by Gasteiger charge is 2.21. The standard InChI is InChI=1S/C21H25NO4/c1-3-7-20(23)22-19(21(24)25-2)14-16-10-12-18(13-11-16)26-15-17-8-5-4-6-9-17/h4-6,8-13,19H,3,7,14-15H2,1-2H3,(H,22,23)/t19-/m0/s1. The number of esters is 1. The summed E-state index contributed by atoms with van der Waals surface area (Å²) in [5, 5.41) is 2.73. The van der Waals surface area contributed by atoms with Gasteiger partial charge in [-0.15, -0.1) is 0 Å². The van der Waals surface area contributed by atoms with Gasteiger partial charge in [0.05, 0.1) is 7.11 Å². The molecule has 2 aromatic carbocycles. The molecule has 0 fully saturated rings. The lowest BCUT2D eigenvalue weighted by Crippen LogP contribution is -2.42. The van der Waals surface area contributed by atoms with Crippen molar-refractivity contribution in [2.24, 2.45) is 0 Å². The molecule has 1 atom stereocenters. The Hall–Kier alpha value is -2.82. The van der Waals surface area contributed by atoms with Crippen LogP contribution in [0.3, 0.4) is 0 Å².